The molecule has 0 saturated heterocycles. The second kappa shape index (κ2) is 5.24. The highest BCUT2D eigenvalue weighted by Crippen LogP contribution is 2.39. The zero-order valence-corrected chi connectivity index (χ0v) is 11.5. The van der Waals surface area contributed by atoms with Gasteiger partial charge in [-0.3, -0.25) is 0 Å². The summed E-state index contributed by atoms with van der Waals surface area (Å²) in [5.41, 5.74) is -3.18. The molecule has 0 spiro atoms. The Morgan fingerprint density at radius 3 is 1.91 bits per heavy atom. The molecule has 23 heavy (non-hydrogen) atoms. The molecule has 1 saturated carbocycles. The lowest BCUT2D eigenvalue weighted by molar-refractivity contribution is -0.143. The van der Waals surface area contributed by atoms with Gasteiger partial charge < -0.3 is 4.52 Å². The van der Waals surface area contributed by atoms with Crippen molar-refractivity contribution >= 4 is 0 Å². The Morgan fingerprint density at radius 2 is 1.48 bits per heavy atom. The molecular weight excluding hydrogens is 326 g/mol. The smallest absolute Gasteiger partial charge is 0.339 e. The van der Waals surface area contributed by atoms with E-state index < -0.39 is 23.5 Å². The Morgan fingerprint density at radius 1 is 0.913 bits per heavy atom. The quantitative estimate of drug-likeness (QED) is 0.721. The largest absolute Gasteiger partial charge is 0.416 e. The molecule has 2 aromatic rings. The summed E-state index contributed by atoms with van der Waals surface area (Å²) < 4.78 is 81.9. The molecule has 1 aromatic heterocycles. The van der Waals surface area contributed by atoms with Gasteiger partial charge in [0.05, 0.1) is 11.1 Å². The van der Waals surface area contributed by atoms with Gasteiger partial charge in [0.15, 0.2) is 0 Å². The summed E-state index contributed by atoms with van der Waals surface area (Å²) in [5.74, 6) is 0.00450. The van der Waals surface area contributed by atoms with Crippen LogP contribution in [0.25, 0.3) is 11.4 Å². The van der Waals surface area contributed by atoms with Crippen LogP contribution in [0.1, 0.15) is 42.2 Å². The first-order valence-electron chi connectivity index (χ1n) is 6.78. The van der Waals surface area contributed by atoms with Gasteiger partial charge >= 0.3 is 12.4 Å². The lowest BCUT2D eigenvalue weighted by atomic mass is 9.85. The standard InChI is InChI=1S/C14H10F6N2O/c15-13(16,17)9-4-8(5-10(6-9)14(18,19)20)11-21-12(23-22-11)7-2-1-3-7/h4-7H,1-3H2. The molecule has 124 valence electrons. The SMILES string of the molecule is FC(F)(F)c1cc(-c2noc(C3CCC3)n2)cc(C(F)(F)F)c1. The van der Waals surface area contributed by atoms with Crippen molar-refractivity contribution < 1.29 is 30.9 Å². The summed E-state index contributed by atoms with van der Waals surface area (Å²) in [4.78, 5) is 3.94. The zero-order valence-electron chi connectivity index (χ0n) is 11.5. The Hall–Kier alpha value is -2.06. The van der Waals surface area contributed by atoms with Gasteiger partial charge in [0.25, 0.3) is 0 Å². The summed E-state index contributed by atoms with van der Waals surface area (Å²) in [7, 11) is 0. The average molecular weight is 336 g/mol. The molecule has 0 aliphatic heterocycles. The fraction of sp³-hybridized carbons (Fsp3) is 0.429. The van der Waals surface area contributed by atoms with Gasteiger partial charge in [-0.05, 0) is 31.0 Å². The van der Waals surface area contributed by atoms with Crippen molar-refractivity contribution in [2.45, 2.75) is 37.5 Å². The monoisotopic (exact) mass is 336 g/mol. The molecule has 0 amide bonds. The maximum absolute atomic E-state index is 12.8. The van der Waals surface area contributed by atoms with Crippen LogP contribution < -0.4 is 0 Å². The Bertz CT molecular complexity index is 683. The highest BCUT2D eigenvalue weighted by atomic mass is 19.4. The molecule has 0 unspecified atom stereocenters. The highest BCUT2D eigenvalue weighted by molar-refractivity contribution is 5.58. The van der Waals surface area contributed by atoms with E-state index in [0.29, 0.717) is 12.1 Å². The van der Waals surface area contributed by atoms with Gasteiger partial charge in [0.2, 0.25) is 11.7 Å². The maximum atomic E-state index is 12.8. The Kier molecular flexibility index (Phi) is 3.61. The van der Waals surface area contributed by atoms with E-state index in [9.17, 15) is 26.3 Å². The third-order valence-corrected chi connectivity index (χ3v) is 3.74. The summed E-state index contributed by atoms with van der Waals surface area (Å²) in [6.45, 7) is 0. The van der Waals surface area contributed by atoms with Gasteiger partial charge in [-0.25, -0.2) is 0 Å². The number of aromatic nitrogens is 2. The van der Waals surface area contributed by atoms with Gasteiger partial charge in [0, 0.05) is 11.5 Å². The van der Waals surface area contributed by atoms with E-state index in [-0.39, 0.29) is 29.3 Å². The average Bonchev–Trinajstić information content (AvgIpc) is 2.83. The third kappa shape index (κ3) is 3.18. The van der Waals surface area contributed by atoms with Gasteiger partial charge in [-0.2, -0.15) is 31.3 Å². The number of nitrogens with zero attached hydrogens (tertiary/aromatic N) is 2. The van der Waals surface area contributed by atoms with Crippen LogP contribution in [0.4, 0.5) is 26.3 Å². The van der Waals surface area contributed by atoms with E-state index in [1.807, 2.05) is 0 Å². The van der Waals surface area contributed by atoms with E-state index in [2.05, 4.69) is 10.1 Å². The second-order valence-electron chi connectivity index (χ2n) is 5.38. The lowest BCUT2D eigenvalue weighted by Gasteiger charge is -2.20. The number of benzene rings is 1. The van der Waals surface area contributed by atoms with Crippen molar-refractivity contribution in [3.05, 3.63) is 35.2 Å². The van der Waals surface area contributed by atoms with Gasteiger partial charge in [0.1, 0.15) is 0 Å². The molecule has 0 N–H and O–H groups in total. The van der Waals surface area contributed by atoms with Crippen LogP contribution in [0.5, 0.6) is 0 Å². The molecule has 1 heterocycles. The highest BCUT2D eigenvalue weighted by Gasteiger charge is 2.37. The van der Waals surface area contributed by atoms with Crippen molar-refractivity contribution in [3.63, 3.8) is 0 Å². The number of hydrogen-bond acceptors (Lipinski definition) is 3. The number of alkyl halides is 6. The minimum atomic E-state index is -4.91. The van der Waals surface area contributed by atoms with Crippen LogP contribution >= 0.6 is 0 Å². The molecule has 0 bridgehead atoms. The number of halogens is 6. The first kappa shape index (κ1) is 15.8. The van der Waals surface area contributed by atoms with E-state index >= 15 is 0 Å². The Balaban J connectivity index is 2.05. The first-order valence-corrected chi connectivity index (χ1v) is 6.78. The van der Waals surface area contributed by atoms with Crippen LogP contribution in [0.15, 0.2) is 22.7 Å². The van der Waals surface area contributed by atoms with E-state index in [4.69, 9.17) is 4.52 Å². The maximum Gasteiger partial charge on any atom is 0.416 e. The molecule has 1 aromatic carbocycles. The van der Waals surface area contributed by atoms with E-state index in [1.54, 1.807) is 0 Å². The third-order valence-electron chi connectivity index (χ3n) is 3.74. The predicted molar refractivity (Wildman–Crippen MR) is 66.3 cm³/mol. The minimum Gasteiger partial charge on any atom is -0.339 e. The second-order valence-corrected chi connectivity index (χ2v) is 5.38. The molecule has 3 nitrogen and oxygen atoms in total. The van der Waals surface area contributed by atoms with Crippen molar-refractivity contribution in [1.29, 1.82) is 0 Å². The van der Waals surface area contributed by atoms with E-state index in [0.717, 1.165) is 19.3 Å². The summed E-state index contributed by atoms with van der Waals surface area (Å²) in [6.07, 6.45) is -7.20. The predicted octanol–water partition coefficient (Wildman–Crippen LogP) is 5.04. The molecule has 0 atom stereocenters. The summed E-state index contributed by atoms with van der Waals surface area (Å²) >= 11 is 0. The normalized spacial score (nSPS) is 16.4. The van der Waals surface area contributed by atoms with E-state index in [1.165, 1.54) is 0 Å². The zero-order chi connectivity index (χ0) is 16.8. The van der Waals surface area contributed by atoms with Crippen molar-refractivity contribution in [2.24, 2.45) is 0 Å². The molecule has 1 aliphatic carbocycles. The topological polar surface area (TPSA) is 38.9 Å². The molecule has 1 aliphatic rings. The molecule has 3 rings (SSSR count). The van der Waals surface area contributed by atoms with Gasteiger partial charge in [-0.1, -0.05) is 11.6 Å². The van der Waals surface area contributed by atoms with Crippen LogP contribution in [0, 0.1) is 0 Å². The molecular formula is C14H10F6N2O. The number of hydrogen-bond donors (Lipinski definition) is 0. The van der Waals surface area contributed by atoms with Crippen molar-refractivity contribution in [1.82, 2.24) is 10.1 Å². The van der Waals surface area contributed by atoms with Crippen molar-refractivity contribution in [3.8, 4) is 11.4 Å². The van der Waals surface area contributed by atoms with Crippen LogP contribution in [-0.4, -0.2) is 10.1 Å². The van der Waals surface area contributed by atoms with Crippen LogP contribution in [0.3, 0.4) is 0 Å². The molecule has 1 fully saturated rings. The fourth-order valence-electron chi connectivity index (χ4n) is 2.26. The first-order chi connectivity index (χ1) is 10.6. The lowest BCUT2D eigenvalue weighted by Crippen LogP contribution is -2.11. The summed E-state index contributed by atoms with van der Waals surface area (Å²) in [6, 6.07) is 1.24. The summed E-state index contributed by atoms with van der Waals surface area (Å²) in [5, 5.41) is 3.51. The van der Waals surface area contributed by atoms with Crippen LogP contribution in [0.2, 0.25) is 0 Å². The van der Waals surface area contributed by atoms with Crippen molar-refractivity contribution in [2.75, 3.05) is 0 Å². The minimum absolute atomic E-state index is 0.0316. The Labute approximate surface area is 126 Å². The number of rotatable bonds is 2. The van der Waals surface area contributed by atoms with Gasteiger partial charge in [-0.15, -0.1) is 0 Å². The van der Waals surface area contributed by atoms with Crippen LogP contribution in [-0.2, 0) is 12.4 Å². The fourth-order valence-corrected chi connectivity index (χ4v) is 2.26. The molecule has 9 heteroatoms. The molecule has 0 radical (unpaired) electrons.